The van der Waals surface area contributed by atoms with Gasteiger partial charge in [0.15, 0.2) is 0 Å². The Morgan fingerprint density at radius 3 is 2.63 bits per heavy atom. The molecule has 1 saturated heterocycles. The highest BCUT2D eigenvalue weighted by Gasteiger charge is 2.35. The van der Waals surface area contributed by atoms with E-state index in [-0.39, 0.29) is 36.3 Å². The summed E-state index contributed by atoms with van der Waals surface area (Å²) in [5.41, 5.74) is 2.34. The number of nitrogens with zero attached hydrogens (tertiary/aromatic N) is 2. The highest BCUT2D eigenvalue weighted by molar-refractivity contribution is 6.14. The molecule has 0 aliphatic carbocycles. The summed E-state index contributed by atoms with van der Waals surface area (Å²) in [6.07, 6.45) is 1.61. The molecule has 3 aromatic rings. The number of hydrogen-bond acceptors (Lipinski definition) is 7. The molecule has 10 nitrogen and oxygen atoms in total. The van der Waals surface area contributed by atoms with E-state index in [0.29, 0.717) is 5.56 Å². The molecule has 1 N–H and O–H groups in total. The summed E-state index contributed by atoms with van der Waals surface area (Å²) in [6.45, 7) is 5.47. The second kappa shape index (κ2) is 9.49. The van der Waals surface area contributed by atoms with Crippen LogP contribution in [0.15, 0.2) is 46.5 Å². The lowest BCUT2D eigenvalue weighted by atomic mass is 10.1. The van der Waals surface area contributed by atoms with Gasteiger partial charge in [0, 0.05) is 22.2 Å². The number of methoxy groups -OCH3 is 1. The van der Waals surface area contributed by atoms with E-state index < -0.39 is 23.9 Å². The van der Waals surface area contributed by atoms with Gasteiger partial charge >= 0.3 is 18.0 Å². The molecule has 0 unspecified atom stereocenters. The fourth-order valence-corrected chi connectivity index (χ4v) is 4.15. The first-order chi connectivity index (χ1) is 16.8. The summed E-state index contributed by atoms with van der Waals surface area (Å²) in [7, 11) is 1.23. The maximum Gasteiger partial charge on any atom is 0.373 e. The maximum absolute atomic E-state index is 13.1. The minimum atomic E-state index is -0.655. The van der Waals surface area contributed by atoms with Gasteiger partial charge in [-0.2, -0.15) is 0 Å². The maximum atomic E-state index is 13.1. The third kappa shape index (κ3) is 4.30. The van der Waals surface area contributed by atoms with Gasteiger partial charge in [0.25, 0.3) is 5.91 Å². The van der Waals surface area contributed by atoms with E-state index in [1.54, 1.807) is 19.9 Å². The number of urea groups is 1. The number of imide groups is 1. The number of nitrogens with one attached hydrogen (secondary N) is 1. The number of carbonyl (C=O) groups excluding carboxylic acids is 4. The number of para-hydroxylation sites is 1. The van der Waals surface area contributed by atoms with Crippen LogP contribution in [-0.4, -0.2) is 47.1 Å². The van der Waals surface area contributed by atoms with E-state index in [4.69, 9.17) is 9.15 Å². The summed E-state index contributed by atoms with van der Waals surface area (Å²) >= 11 is 0. The Balaban J connectivity index is 1.67. The fourth-order valence-electron chi connectivity index (χ4n) is 4.15. The molecule has 1 aliphatic rings. The Labute approximate surface area is 201 Å². The van der Waals surface area contributed by atoms with E-state index in [2.05, 4.69) is 10.1 Å². The minimum Gasteiger partial charge on any atom is -0.464 e. The van der Waals surface area contributed by atoms with Crippen molar-refractivity contribution in [3.8, 4) is 0 Å². The van der Waals surface area contributed by atoms with Crippen molar-refractivity contribution in [1.82, 2.24) is 14.8 Å². The molecule has 3 amide bonds. The van der Waals surface area contributed by atoms with Crippen LogP contribution in [0.25, 0.3) is 17.0 Å². The SMILES string of the molecule is CCOC(=O)[C@H](C)n1c(C)c(/C=C2\NC(=O)N(Cc3ccc(C(=O)OC)o3)C2=O)c2ccccc21. The first-order valence-corrected chi connectivity index (χ1v) is 11.0. The van der Waals surface area contributed by atoms with Crippen LogP contribution in [0, 0.1) is 6.92 Å². The zero-order valence-electron chi connectivity index (χ0n) is 19.8. The summed E-state index contributed by atoms with van der Waals surface area (Å²) in [4.78, 5) is 50.7. The monoisotopic (exact) mass is 479 g/mol. The second-order valence-electron chi connectivity index (χ2n) is 7.95. The Morgan fingerprint density at radius 2 is 1.91 bits per heavy atom. The number of benzene rings is 1. The quantitative estimate of drug-likeness (QED) is 0.313. The smallest absolute Gasteiger partial charge is 0.373 e. The third-order valence-corrected chi connectivity index (χ3v) is 5.83. The zero-order chi connectivity index (χ0) is 25.3. The van der Waals surface area contributed by atoms with Gasteiger partial charge in [-0.1, -0.05) is 18.2 Å². The summed E-state index contributed by atoms with van der Waals surface area (Å²) < 4.78 is 17.0. The molecule has 182 valence electrons. The number of fused-ring (bicyclic) bond motifs is 1. The Hall–Kier alpha value is -4.34. The molecule has 4 rings (SSSR count). The standard InChI is InChI=1S/C25H25N3O7/c1-5-34-23(30)15(3)28-14(2)18(17-8-6-7-9-20(17)28)12-19-22(29)27(25(32)26-19)13-16-10-11-21(35-16)24(31)33-4/h6-12,15H,5,13H2,1-4H3,(H,26,32)/b19-12-/t15-/m0/s1. The van der Waals surface area contributed by atoms with Gasteiger partial charge in [-0.05, 0) is 45.0 Å². The van der Waals surface area contributed by atoms with Crippen LogP contribution in [0.5, 0.6) is 0 Å². The van der Waals surface area contributed by atoms with Gasteiger partial charge in [0.05, 0.1) is 20.3 Å². The van der Waals surface area contributed by atoms with Crippen LogP contribution < -0.4 is 5.32 Å². The van der Waals surface area contributed by atoms with Crippen LogP contribution in [-0.2, 0) is 25.6 Å². The predicted octanol–water partition coefficient (Wildman–Crippen LogP) is 3.55. The van der Waals surface area contributed by atoms with Gasteiger partial charge in [0.2, 0.25) is 5.76 Å². The molecule has 0 bridgehead atoms. The summed E-state index contributed by atoms with van der Waals surface area (Å²) in [6, 6.07) is 9.22. The van der Waals surface area contributed by atoms with Crippen molar-refractivity contribution in [3.63, 3.8) is 0 Å². The van der Waals surface area contributed by atoms with E-state index in [0.717, 1.165) is 21.5 Å². The molecule has 1 aromatic carbocycles. The molecule has 35 heavy (non-hydrogen) atoms. The molecule has 1 aliphatic heterocycles. The Bertz CT molecular complexity index is 1360. The average molecular weight is 479 g/mol. The van der Waals surface area contributed by atoms with Crippen LogP contribution in [0.4, 0.5) is 4.79 Å². The number of esters is 2. The van der Waals surface area contributed by atoms with Crippen molar-refractivity contribution in [3.05, 3.63) is 64.9 Å². The van der Waals surface area contributed by atoms with Crippen molar-refractivity contribution in [2.75, 3.05) is 13.7 Å². The van der Waals surface area contributed by atoms with E-state index in [1.165, 1.54) is 19.2 Å². The van der Waals surface area contributed by atoms with Crippen LogP contribution in [0.2, 0.25) is 0 Å². The Kier molecular flexibility index (Phi) is 6.46. The summed E-state index contributed by atoms with van der Waals surface area (Å²) in [5.74, 6) is -1.33. The highest BCUT2D eigenvalue weighted by Crippen LogP contribution is 2.32. The van der Waals surface area contributed by atoms with Crippen LogP contribution in [0.1, 0.15) is 47.5 Å². The molecule has 1 fully saturated rings. The number of furan rings is 1. The number of amides is 3. The van der Waals surface area contributed by atoms with E-state index >= 15 is 0 Å². The first kappa shape index (κ1) is 23.8. The molecule has 0 spiro atoms. The number of carbonyl (C=O) groups is 4. The average Bonchev–Trinajstić information content (AvgIpc) is 3.50. The number of ether oxygens (including phenoxy) is 2. The number of hydrogen-bond donors (Lipinski definition) is 1. The van der Waals surface area contributed by atoms with Crippen LogP contribution >= 0.6 is 0 Å². The summed E-state index contributed by atoms with van der Waals surface area (Å²) in [5, 5.41) is 3.42. The zero-order valence-corrected chi connectivity index (χ0v) is 19.8. The molecule has 2 aromatic heterocycles. The van der Waals surface area contributed by atoms with Gasteiger partial charge in [0.1, 0.15) is 17.5 Å². The highest BCUT2D eigenvalue weighted by atomic mass is 16.5. The second-order valence-corrected chi connectivity index (χ2v) is 7.95. The molecule has 0 radical (unpaired) electrons. The number of aromatic nitrogens is 1. The van der Waals surface area contributed by atoms with Crippen molar-refractivity contribution in [1.29, 1.82) is 0 Å². The lowest BCUT2D eigenvalue weighted by Crippen LogP contribution is -2.30. The van der Waals surface area contributed by atoms with Gasteiger partial charge in [-0.25, -0.2) is 14.4 Å². The van der Waals surface area contributed by atoms with E-state index in [9.17, 15) is 19.2 Å². The van der Waals surface area contributed by atoms with Crippen molar-refractivity contribution >= 4 is 40.9 Å². The molecule has 10 heteroatoms. The molecular formula is C25H25N3O7. The largest absolute Gasteiger partial charge is 0.464 e. The number of rotatable bonds is 7. The molecule has 0 saturated carbocycles. The van der Waals surface area contributed by atoms with Crippen molar-refractivity contribution in [2.24, 2.45) is 0 Å². The van der Waals surface area contributed by atoms with Gasteiger partial charge in [-0.15, -0.1) is 0 Å². The molecule has 3 heterocycles. The normalized spacial score (nSPS) is 15.5. The van der Waals surface area contributed by atoms with Crippen LogP contribution in [0.3, 0.4) is 0 Å². The lowest BCUT2D eigenvalue weighted by Gasteiger charge is -2.16. The van der Waals surface area contributed by atoms with E-state index in [1.807, 2.05) is 35.8 Å². The Morgan fingerprint density at radius 1 is 1.17 bits per heavy atom. The third-order valence-electron chi connectivity index (χ3n) is 5.83. The first-order valence-electron chi connectivity index (χ1n) is 11.0. The minimum absolute atomic E-state index is 0.0236. The van der Waals surface area contributed by atoms with Crippen molar-refractivity contribution < 1.29 is 33.1 Å². The predicted molar refractivity (Wildman–Crippen MR) is 125 cm³/mol. The topological polar surface area (TPSA) is 120 Å². The molecule has 1 atom stereocenters. The van der Waals surface area contributed by atoms with Crippen molar-refractivity contribution in [2.45, 2.75) is 33.4 Å². The fraction of sp³-hybridized carbons (Fsp3) is 0.280. The van der Waals surface area contributed by atoms with Gasteiger partial charge < -0.3 is 23.8 Å². The molecular weight excluding hydrogens is 454 g/mol. The lowest BCUT2D eigenvalue weighted by molar-refractivity contribution is -0.146. The van der Waals surface area contributed by atoms with Gasteiger partial charge in [-0.3, -0.25) is 9.69 Å².